The van der Waals surface area contributed by atoms with Gasteiger partial charge in [-0.2, -0.15) is 0 Å². The van der Waals surface area contributed by atoms with E-state index in [0.717, 1.165) is 5.56 Å². The second-order valence-electron chi connectivity index (χ2n) is 4.60. The van der Waals surface area contributed by atoms with Crippen molar-refractivity contribution in [1.29, 1.82) is 0 Å². The number of aromatic nitrogens is 2. The lowest BCUT2D eigenvalue weighted by Gasteiger charge is -2.16. The third-order valence-corrected chi connectivity index (χ3v) is 2.85. The lowest BCUT2D eigenvalue weighted by atomic mass is 10.2. The number of hydrogen-bond donors (Lipinski definition) is 1. The number of anilines is 2. The van der Waals surface area contributed by atoms with Gasteiger partial charge in [-0.05, 0) is 37.6 Å². The van der Waals surface area contributed by atoms with Crippen LogP contribution in [0.15, 0.2) is 30.6 Å². The van der Waals surface area contributed by atoms with Crippen molar-refractivity contribution in [3.8, 4) is 0 Å². The maximum Gasteiger partial charge on any atom is 0.207 e. The first-order valence-electron chi connectivity index (χ1n) is 6.16. The van der Waals surface area contributed by atoms with Crippen LogP contribution in [0.5, 0.6) is 0 Å². The zero-order chi connectivity index (χ0) is 13.8. The molecule has 4 nitrogen and oxygen atoms in total. The zero-order valence-electron chi connectivity index (χ0n) is 11.4. The summed E-state index contributed by atoms with van der Waals surface area (Å²) in [6.07, 6.45) is 3.58. The topological polar surface area (TPSA) is 39.1 Å². The second kappa shape index (κ2) is 5.84. The number of hydrogen-bond acceptors (Lipinski definition) is 3. The largest absolute Gasteiger partial charge is 0.383 e. The lowest BCUT2D eigenvalue weighted by molar-refractivity contribution is 0.163. The van der Waals surface area contributed by atoms with Crippen molar-refractivity contribution < 1.29 is 9.13 Å². The zero-order valence-corrected chi connectivity index (χ0v) is 11.4. The molecule has 0 bridgehead atoms. The fourth-order valence-corrected chi connectivity index (χ4v) is 2.02. The van der Waals surface area contributed by atoms with Gasteiger partial charge in [0.1, 0.15) is 5.82 Å². The Bertz CT molecular complexity index is 533. The molecule has 0 fully saturated rings. The second-order valence-corrected chi connectivity index (χ2v) is 4.60. The molecule has 1 aromatic carbocycles. The van der Waals surface area contributed by atoms with Crippen LogP contribution in [0.3, 0.4) is 0 Å². The Balaban J connectivity index is 2.21. The molecule has 0 saturated heterocycles. The fourth-order valence-electron chi connectivity index (χ4n) is 2.02. The van der Waals surface area contributed by atoms with Crippen LogP contribution in [0.1, 0.15) is 18.5 Å². The minimum absolute atomic E-state index is 0.157. The predicted molar refractivity (Wildman–Crippen MR) is 73.2 cm³/mol. The van der Waals surface area contributed by atoms with Gasteiger partial charge in [0, 0.05) is 25.2 Å². The molecule has 5 heteroatoms. The summed E-state index contributed by atoms with van der Waals surface area (Å²) in [5.74, 6) is 0.417. The normalized spacial score (nSPS) is 12.4. The summed E-state index contributed by atoms with van der Waals surface area (Å²) >= 11 is 0. The van der Waals surface area contributed by atoms with E-state index in [9.17, 15) is 4.39 Å². The van der Waals surface area contributed by atoms with E-state index >= 15 is 0 Å². The fraction of sp³-hybridized carbons (Fsp3) is 0.357. The number of benzene rings is 1. The number of nitrogens with one attached hydrogen (secondary N) is 1. The molecule has 1 atom stereocenters. The van der Waals surface area contributed by atoms with E-state index in [2.05, 4.69) is 10.3 Å². The molecular formula is C14H18FN3O. The summed E-state index contributed by atoms with van der Waals surface area (Å²) in [7, 11) is 1.66. The monoisotopic (exact) mass is 263 g/mol. The van der Waals surface area contributed by atoms with Crippen LogP contribution in [-0.4, -0.2) is 23.3 Å². The molecule has 1 heterocycles. The molecular weight excluding hydrogens is 245 g/mol. The molecule has 1 N–H and O–H groups in total. The third kappa shape index (κ3) is 3.32. The maximum absolute atomic E-state index is 13.3. The molecule has 19 heavy (non-hydrogen) atoms. The Kier molecular flexibility index (Phi) is 4.16. The molecule has 102 valence electrons. The standard InChI is InChI=1S/C14H18FN3O/c1-10-6-12(15)8-13(7-10)17-14-16-4-5-18(14)11(2)9-19-3/h4-8,11H,9H2,1-3H3,(H,16,17). The molecule has 0 radical (unpaired) electrons. The van der Waals surface area contributed by atoms with Crippen LogP contribution < -0.4 is 5.32 Å². The van der Waals surface area contributed by atoms with Crippen molar-refractivity contribution in [3.63, 3.8) is 0 Å². The van der Waals surface area contributed by atoms with Gasteiger partial charge in [0.2, 0.25) is 5.95 Å². The van der Waals surface area contributed by atoms with E-state index in [4.69, 9.17) is 4.74 Å². The SMILES string of the molecule is COCC(C)n1ccnc1Nc1cc(C)cc(F)c1. The van der Waals surface area contributed by atoms with E-state index in [-0.39, 0.29) is 11.9 Å². The van der Waals surface area contributed by atoms with Gasteiger partial charge in [-0.1, -0.05) is 0 Å². The molecule has 0 spiro atoms. The van der Waals surface area contributed by atoms with Crippen molar-refractivity contribution >= 4 is 11.6 Å². The number of ether oxygens (including phenoxy) is 1. The van der Waals surface area contributed by atoms with E-state index < -0.39 is 0 Å². The van der Waals surface area contributed by atoms with Crippen LogP contribution in [0.25, 0.3) is 0 Å². The average Bonchev–Trinajstić information content (AvgIpc) is 2.76. The molecule has 0 amide bonds. The summed E-state index contributed by atoms with van der Waals surface area (Å²) in [5, 5.41) is 3.13. The van der Waals surface area contributed by atoms with Gasteiger partial charge in [0.25, 0.3) is 0 Å². The van der Waals surface area contributed by atoms with Gasteiger partial charge < -0.3 is 14.6 Å². The van der Waals surface area contributed by atoms with Crippen LogP contribution >= 0.6 is 0 Å². The Morgan fingerprint density at radius 3 is 2.89 bits per heavy atom. The molecule has 0 aliphatic rings. The van der Waals surface area contributed by atoms with Gasteiger partial charge in [-0.25, -0.2) is 9.37 Å². The summed E-state index contributed by atoms with van der Waals surface area (Å²) in [4.78, 5) is 4.25. The molecule has 1 unspecified atom stereocenters. The quantitative estimate of drug-likeness (QED) is 0.899. The van der Waals surface area contributed by atoms with Gasteiger partial charge >= 0.3 is 0 Å². The number of methoxy groups -OCH3 is 1. The van der Waals surface area contributed by atoms with Crippen LogP contribution in [0.4, 0.5) is 16.0 Å². The number of aryl methyl sites for hydroxylation is 1. The van der Waals surface area contributed by atoms with Gasteiger partial charge in [0.05, 0.1) is 12.6 Å². The number of nitrogens with zero attached hydrogens (tertiary/aromatic N) is 2. The number of halogens is 1. The molecule has 1 aromatic heterocycles. The first-order valence-corrected chi connectivity index (χ1v) is 6.16. The van der Waals surface area contributed by atoms with Crippen molar-refractivity contribution in [2.75, 3.05) is 19.0 Å². The highest BCUT2D eigenvalue weighted by atomic mass is 19.1. The van der Waals surface area contributed by atoms with Crippen LogP contribution in [0, 0.1) is 12.7 Å². The van der Waals surface area contributed by atoms with Crippen LogP contribution in [-0.2, 0) is 4.74 Å². The Morgan fingerprint density at radius 2 is 2.21 bits per heavy atom. The van der Waals surface area contributed by atoms with E-state index in [1.165, 1.54) is 12.1 Å². The van der Waals surface area contributed by atoms with Gasteiger partial charge in [-0.3, -0.25) is 0 Å². The summed E-state index contributed by atoms with van der Waals surface area (Å²) in [5.41, 5.74) is 1.56. The van der Waals surface area contributed by atoms with Crippen molar-refractivity contribution in [1.82, 2.24) is 9.55 Å². The minimum atomic E-state index is -0.259. The van der Waals surface area contributed by atoms with Crippen molar-refractivity contribution in [2.45, 2.75) is 19.9 Å². The molecule has 0 aliphatic heterocycles. The highest BCUT2D eigenvalue weighted by Gasteiger charge is 2.10. The minimum Gasteiger partial charge on any atom is -0.383 e. The number of imidazole rings is 1. The van der Waals surface area contributed by atoms with Crippen molar-refractivity contribution in [2.24, 2.45) is 0 Å². The lowest BCUT2D eigenvalue weighted by Crippen LogP contribution is -2.12. The van der Waals surface area contributed by atoms with E-state index in [1.807, 2.05) is 30.7 Å². The summed E-state index contributed by atoms with van der Waals surface area (Å²) in [6, 6.07) is 4.98. The van der Waals surface area contributed by atoms with E-state index in [1.54, 1.807) is 13.3 Å². The molecule has 0 saturated carbocycles. The number of rotatable bonds is 5. The highest BCUT2D eigenvalue weighted by molar-refractivity contribution is 5.55. The first kappa shape index (κ1) is 13.5. The van der Waals surface area contributed by atoms with E-state index in [0.29, 0.717) is 18.2 Å². The van der Waals surface area contributed by atoms with Crippen LogP contribution in [0.2, 0.25) is 0 Å². The summed E-state index contributed by atoms with van der Waals surface area (Å²) < 4.78 is 20.4. The molecule has 2 rings (SSSR count). The van der Waals surface area contributed by atoms with Gasteiger partial charge in [-0.15, -0.1) is 0 Å². The van der Waals surface area contributed by atoms with Gasteiger partial charge in [0.15, 0.2) is 0 Å². The highest BCUT2D eigenvalue weighted by Crippen LogP contribution is 2.20. The molecule has 0 aliphatic carbocycles. The smallest absolute Gasteiger partial charge is 0.207 e. The average molecular weight is 263 g/mol. The predicted octanol–water partition coefficient (Wildman–Crippen LogP) is 3.28. The third-order valence-electron chi connectivity index (χ3n) is 2.85. The first-order chi connectivity index (χ1) is 9.10. The maximum atomic E-state index is 13.3. The Morgan fingerprint density at radius 1 is 1.42 bits per heavy atom. The Hall–Kier alpha value is -1.88. The Labute approximate surface area is 112 Å². The summed E-state index contributed by atoms with van der Waals surface area (Å²) in [6.45, 7) is 4.48. The molecule has 2 aromatic rings. The van der Waals surface area contributed by atoms with Crippen molar-refractivity contribution in [3.05, 3.63) is 42.0 Å².